The topological polar surface area (TPSA) is 67.2 Å². The Balaban J connectivity index is 1.60. The predicted molar refractivity (Wildman–Crippen MR) is 84.6 cm³/mol. The first-order valence-electron chi connectivity index (χ1n) is 8.31. The maximum Gasteiger partial charge on any atom is 0.331 e. The Morgan fingerprint density at radius 2 is 2.18 bits per heavy atom. The van der Waals surface area contributed by atoms with Gasteiger partial charge in [0.05, 0.1) is 5.69 Å². The van der Waals surface area contributed by atoms with Gasteiger partial charge in [-0.2, -0.15) is 5.10 Å². The molecule has 1 aromatic heterocycles. The summed E-state index contributed by atoms with van der Waals surface area (Å²) in [5.74, 6) is -0.184. The molecule has 1 heterocycles. The van der Waals surface area contributed by atoms with Crippen LogP contribution in [0.25, 0.3) is 0 Å². The fourth-order valence-electron chi connectivity index (χ4n) is 3.71. The van der Waals surface area contributed by atoms with Gasteiger partial charge in [-0.1, -0.05) is 25.3 Å². The molecule has 120 valence electrons. The molecule has 0 spiro atoms. The molecule has 0 radical (unpaired) electrons. The molecule has 5 nitrogen and oxygen atoms in total. The van der Waals surface area contributed by atoms with E-state index in [2.05, 4.69) is 11.5 Å². The molecule has 2 N–H and O–H groups in total. The van der Waals surface area contributed by atoms with Gasteiger partial charge in [0.25, 0.3) is 0 Å². The van der Waals surface area contributed by atoms with Gasteiger partial charge in [-0.25, -0.2) is 4.79 Å². The average Bonchev–Trinajstić information content (AvgIpc) is 3.12. The van der Waals surface area contributed by atoms with Gasteiger partial charge in [-0.15, -0.1) is 0 Å². The van der Waals surface area contributed by atoms with Crippen molar-refractivity contribution in [3.63, 3.8) is 0 Å². The lowest BCUT2D eigenvalue weighted by molar-refractivity contribution is -0.132. The Kier molecular flexibility index (Phi) is 4.62. The van der Waals surface area contributed by atoms with E-state index in [0.29, 0.717) is 17.9 Å². The highest BCUT2D eigenvalue weighted by molar-refractivity contribution is 5.87. The second kappa shape index (κ2) is 6.65. The quantitative estimate of drug-likeness (QED) is 0.877. The summed E-state index contributed by atoms with van der Waals surface area (Å²) >= 11 is 0. The van der Waals surface area contributed by atoms with Crippen LogP contribution in [-0.4, -0.2) is 26.9 Å². The summed E-state index contributed by atoms with van der Waals surface area (Å²) in [5, 5.41) is 17.2. The van der Waals surface area contributed by atoms with Gasteiger partial charge >= 0.3 is 5.97 Å². The van der Waals surface area contributed by atoms with Crippen LogP contribution < -0.4 is 5.32 Å². The molecule has 1 aromatic rings. The highest BCUT2D eigenvalue weighted by atomic mass is 16.4. The zero-order valence-corrected chi connectivity index (χ0v) is 13.2. The summed E-state index contributed by atoms with van der Waals surface area (Å²) in [6.45, 7) is 0.783. The van der Waals surface area contributed by atoms with Gasteiger partial charge in [0.2, 0.25) is 0 Å². The molecule has 2 aliphatic carbocycles. The second-order valence-corrected chi connectivity index (χ2v) is 6.60. The van der Waals surface area contributed by atoms with Crippen LogP contribution in [0.3, 0.4) is 0 Å². The Bertz CT molecular complexity index is 570. The van der Waals surface area contributed by atoms with Crippen LogP contribution in [0.1, 0.15) is 62.1 Å². The smallest absolute Gasteiger partial charge is 0.331 e. The first-order chi connectivity index (χ1) is 10.6. The summed E-state index contributed by atoms with van der Waals surface area (Å²) < 4.78 is 1.91. The van der Waals surface area contributed by atoms with Crippen LogP contribution in [-0.2, 0) is 18.4 Å². The van der Waals surface area contributed by atoms with Crippen molar-refractivity contribution in [2.45, 2.75) is 63.5 Å². The van der Waals surface area contributed by atoms with E-state index >= 15 is 0 Å². The number of hydrogen-bond donors (Lipinski definition) is 2. The van der Waals surface area contributed by atoms with Gasteiger partial charge in [-0.3, -0.25) is 4.68 Å². The van der Waals surface area contributed by atoms with E-state index in [-0.39, 0.29) is 6.04 Å². The zero-order valence-electron chi connectivity index (χ0n) is 13.2. The van der Waals surface area contributed by atoms with E-state index in [4.69, 9.17) is 10.2 Å². The van der Waals surface area contributed by atoms with E-state index in [1.54, 1.807) is 0 Å². The minimum Gasteiger partial charge on any atom is -0.478 e. The second-order valence-electron chi connectivity index (χ2n) is 6.60. The van der Waals surface area contributed by atoms with E-state index in [1.165, 1.54) is 43.4 Å². The van der Waals surface area contributed by atoms with Gasteiger partial charge < -0.3 is 10.4 Å². The van der Waals surface area contributed by atoms with E-state index in [1.807, 2.05) is 17.8 Å². The number of hydrogen-bond acceptors (Lipinski definition) is 3. The molecule has 0 aliphatic heterocycles. The van der Waals surface area contributed by atoms with E-state index < -0.39 is 5.97 Å². The molecule has 22 heavy (non-hydrogen) atoms. The normalized spacial score (nSPS) is 22.8. The van der Waals surface area contributed by atoms with Gasteiger partial charge in [0, 0.05) is 42.9 Å². The Morgan fingerprint density at radius 3 is 2.86 bits per heavy atom. The summed E-state index contributed by atoms with van der Waals surface area (Å²) in [5.41, 5.74) is 3.06. The molecular formula is C17H25N3O2. The third kappa shape index (κ3) is 3.40. The molecule has 0 amide bonds. The molecular weight excluding hydrogens is 278 g/mol. The summed E-state index contributed by atoms with van der Waals surface area (Å²) in [6.07, 6.45) is 11.8. The number of aromatic nitrogens is 2. The summed E-state index contributed by atoms with van der Waals surface area (Å²) in [7, 11) is 1.98. The molecule has 1 fully saturated rings. The maximum absolute atomic E-state index is 11.0. The lowest BCUT2D eigenvalue weighted by atomic mass is 9.85. The summed E-state index contributed by atoms with van der Waals surface area (Å²) in [6, 6.07) is 0.241. The molecule has 0 aromatic carbocycles. The highest BCUT2D eigenvalue weighted by Crippen LogP contribution is 2.33. The zero-order chi connectivity index (χ0) is 15.5. The number of aryl methyl sites for hydroxylation is 1. The fourth-order valence-corrected chi connectivity index (χ4v) is 3.71. The largest absolute Gasteiger partial charge is 0.478 e. The lowest BCUT2D eigenvalue weighted by Gasteiger charge is -2.21. The van der Waals surface area contributed by atoms with Crippen molar-refractivity contribution in [3.05, 3.63) is 29.1 Å². The molecule has 1 saturated carbocycles. The maximum atomic E-state index is 11.0. The minimum absolute atomic E-state index is 0.241. The third-order valence-corrected chi connectivity index (χ3v) is 4.90. The van der Waals surface area contributed by atoms with Crippen molar-refractivity contribution in [1.82, 2.24) is 15.1 Å². The predicted octanol–water partition coefficient (Wildman–Crippen LogP) is 2.73. The Morgan fingerprint density at radius 1 is 1.41 bits per heavy atom. The average molecular weight is 303 g/mol. The lowest BCUT2D eigenvalue weighted by Crippen LogP contribution is -2.27. The van der Waals surface area contributed by atoms with Crippen LogP contribution in [0.5, 0.6) is 0 Å². The molecule has 1 unspecified atom stereocenters. The number of aliphatic carboxylic acids is 1. The van der Waals surface area contributed by atoms with Crippen molar-refractivity contribution in [2.24, 2.45) is 7.05 Å². The van der Waals surface area contributed by atoms with Crippen molar-refractivity contribution >= 4 is 5.97 Å². The monoisotopic (exact) mass is 303 g/mol. The van der Waals surface area contributed by atoms with Crippen molar-refractivity contribution in [1.29, 1.82) is 0 Å². The molecule has 0 bridgehead atoms. The number of carbonyl (C=O) groups is 1. The number of nitrogens with one attached hydrogen (secondary N) is 1. The molecule has 2 aliphatic rings. The SMILES string of the molecule is Cn1cc(CNC2CC=C(C(=O)O)C2)c(C2CCCCC2)n1. The van der Waals surface area contributed by atoms with Gasteiger partial charge in [0.1, 0.15) is 0 Å². The Labute approximate surface area is 131 Å². The van der Waals surface area contributed by atoms with Crippen molar-refractivity contribution in [3.8, 4) is 0 Å². The van der Waals surface area contributed by atoms with E-state index in [9.17, 15) is 4.79 Å². The third-order valence-electron chi connectivity index (χ3n) is 4.90. The van der Waals surface area contributed by atoms with Crippen LogP contribution in [0.2, 0.25) is 0 Å². The van der Waals surface area contributed by atoms with Gasteiger partial charge in [0.15, 0.2) is 0 Å². The Hall–Kier alpha value is -1.62. The van der Waals surface area contributed by atoms with Crippen LogP contribution in [0.15, 0.2) is 17.8 Å². The summed E-state index contributed by atoms with van der Waals surface area (Å²) in [4.78, 5) is 11.0. The minimum atomic E-state index is -0.784. The van der Waals surface area contributed by atoms with Crippen LogP contribution in [0, 0.1) is 0 Å². The molecule has 5 heteroatoms. The van der Waals surface area contributed by atoms with Crippen molar-refractivity contribution < 1.29 is 9.90 Å². The first-order valence-corrected chi connectivity index (χ1v) is 8.31. The van der Waals surface area contributed by atoms with Crippen LogP contribution >= 0.6 is 0 Å². The fraction of sp³-hybridized carbons (Fsp3) is 0.647. The number of rotatable bonds is 5. The van der Waals surface area contributed by atoms with Crippen LogP contribution in [0.4, 0.5) is 0 Å². The highest BCUT2D eigenvalue weighted by Gasteiger charge is 2.24. The standard InChI is InChI=1S/C17H25N3O2/c1-20-11-14(16(19-20)12-5-3-2-4-6-12)10-18-15-8-7-13(9-15)17(21)22/h7,11-12,15,18H,2-6,8-10H2,1H3,(H,21,22). The van der Waals surface area contributed by atoms with E-state index in [0.717, 1.165) is 13.0 Å². The van der Waals surface area contributed by atoms with Gasteiger partial charge in [-0.05, 0) is 25.7 Å². The number of carboxylic acid groups (broad SMARTS) is 1. The molecule has 1 atom stereocenters. The first kappa shape index (κ1) is 15.3. The number of nitrogens with zero attached hydrogens (tertiary/aromatic N) is 2. The molecule has 3 rings (SSSR count). The number of carboxylic acids is 1. The molecule has 0 saturated heterocycles. The van der Waals surface area contributed by atoms with Crippen molar-refractivity contribution in [2.75, 3.05) is 0 Å².